The summed E-state index contributed by atoms with van der Waals surface area (Å²) < 4.78 is 41.3. The zero-order valence-corrected chi connectivity index (χ0v) is 45.3. The van der Waals surface area contributed by atoms with Crippen LogP contribution in [0.3, 0.4) is 0 Å². The van der Waals surface area contributed by atoms with E-state index in [2.05, 4.69) is 176 Å². The van der Waals surface area contributed by atoms with Gasteiger partial charge in [0.05, 0.1) is 22.4 Å². The molecule has 8 heteroatoms. The third-order valence-corrected chi connectivity index (χ3v) is 13.6. The summed E-state index contributed by atoms with van der Waals surface area (Å²) in [6.45, 7) is 19.3. The van der Waals surface area contributed by atoms with Crippen molar-refractivity contribution in [2.24, 2.45) is 0 Å². The zero-order valence-electron chi connectivity index (χ0n) is 45.9. The molecule has 12 aromatic rings. The summed E-state index contributed by atoms with van der Waals surface area (Å²) in [6, 6.07) is 53.8. The Labute approximate surface area is 445 Å². The average molecular weight is 1140 g/mol. The smallest absolute Gasteiger partial charge is 0.216 e. The van der Waals surface area contributed by atoms with Crippen molar-refractivity contribution in [3.05, 3.63) is 186 Å². The molecule has 0 aliphatic carbocycles. The van der Waals surface area contributed by atoms with E-state index in [1.165, 1.54) is 16.7 Å². The first-order valence-electron chi connectivity index (χ1n) is 26.3. The summed E-state index contributed by atoms with van der Waals surface area (Å²) in [5, 5.41) is 4.01. The van der Waals surface area contributed by atoms with Gasteiger partial charge >= 0.3 is 0 Å². The van der Waals surface area contributed by atoms with Crippen molar-refractivity contribution in [2.75, 3.05) is 0 Å². The summed E-state index contributed by atoms with van der Waals surface area (Å²) in [7, 11) is 0. The number of pyridine rings is 2. The maximum absolute atomic E-state index is 8.68. The van der Waals surface area contributed by atoms with Gasteiger partial charge in [0.15, 0.2) is 5.58 Å². The number of hydrogen-bond acceptors (Lipinski definition) is 6. The van der Waals surface area contributed by atoms with E-state index in [1.807, 2.05) is 54.7 Å². The summed E-state index contributed by atoms with van der Waals surface area (Å²) >= 11 is 0. The summed E-state index contributed by atoms with van der Waals surface area (Å²) in [5.41, 5.74) is 13.9. The molecule has 0 spiro atoms. The third-order valence-electron chi connectivity index (χ3n) is 13.6. The van der Waals surface area contributed by atoms with Gasteiger partial charge in [-0.15, -0.1) is 53.6 Å². The molecule has 7 nitrogen and oxygen atoms in total. The molecule has 0 aliphatic rings. The average Bonchev–Trinajstić information content (AvgIpc) is 4.12. The number of fused-ring (bicyclic) bond motifs is 9. The molecule has 0 saturated carbocycles. The first kappa shape index (κ1) is 45.6. The Bertz CT molecular complexity index is 4110. The zero-order chi connectivity index (χ0) is 52.7. The number of benzene rings is 7. The van der Waals surface area contributed by atoms with E-state index in [-0.39, 0.29) is 48.3 Å². The van der Waals surface area contributed by atoms with E-state index in [1.54, 1.807) is 6.07 Å². The second-order valence-corrected chi connectivity index (χ2v) is 21.5. The monoisotopic (exact) mass is 1140 g/mol. The Morgan fingerprint density at radius 2 is 1.37 bits per heavy atom. The van der Waals surface area contributed by atoms with Gasteiger partial charge in [0.2, 0.25) is 11.6 Å². The number of furan rings is 1. The second-order valence-electron chi connectivity index (χ2n) is 21.5. The van der Waals surface area contributed by atoms with Gasteiger partial charge in [0, 0.05) is 57.7 Å². The Hall–Kier alpha value is -7.25. The Balaban J connectivity index is 0.000000331. The van der Waals surface area contributed by atoms with Crippen LogP contribution in [0.25, 0.3) is 105 Å². The van der Waals surface area contributed by atoms with Gasteiger partial charge in [-0.25, -0.2) is 9.97 Å². The van der Waals surface area contributed by atoms with Crippen molar-refractivity contribution in [2.45, 2.75) is 98.8 Å². The van der Waals surface area contributed by atoms with Crippen LogP contribution < -0.4 is 0 Å². The number of oxazole rings is 1. The van der Waals surface area contributed by atoms with Crippen LogP contribution >= 0.6 is 0 Å². The number of hydrogen-bond donors (Lipinski definition) is 0. The van der Waals surface area contributed by atoms with Crippen molar-refractivity contribution < 1.29 is 33.1 Å². The van der Waals surface area contributed by atoms with Crippen LogP contribution in [-0.2, 0) is 30.9 Å². The topological polar surface area (TPSA) is 82.8 Å². The Kier molecular flexibility index (Phi) is 11.9. The molecule has 0 aliphatic heterocycles. The molecule has 0 saturated heterocycles. The van der Waals surface area contributed by atoms with Gasteiger partial charge in [0.1, 0.15) is 11.0 Å². The van der Waals surface area contributed by atoms with Crippen molar-refractivity contribution in [1.29, 1.82) is 0 Å². The van der Waals surface area contributed by atoms with Crippen molar-refractivity contribution in [3.63, 3.8) is 0 Å². The summed E-state index contributed by atoms with van der Waals surface area (Å²) in [5.74, 6) is 1.50. The van der Waals surface area contributed by atoms with Crippen LogP contribution in [-0.4, -0.2) is 24.5 Å². The van der Waals surface area contributed by atoms with E-state index >= 15 is 0 Å². The molecule has 5 heterocycles. The second kappa shape index (κ2) is 19.0. The van der Waals surface area contributed by atoms with Crippen LogP contribution in [0.4, 0.5) is 0 Å². The predicted octanol–water partition coefficient (Wildman–Crippen LogP) is 17.6. The molecular formula is C65H59IrN5O2-2. The van der Waals surface area contributed by atoms with Gasteiger partial charge in [-0.2, -0.15) is 0 Å². The first-order chi connectivity index (χ1) is 35.7. The molecule has 12 rings (SSSR count). The molecule has 0 atom stereocenters. The fourth-order valence-electron chi connectivity index (χ4n) is 9.78. The molecule has 0 bridgehead atoms. The normalized spacial score (nSPS) is 13.0. The first-order valence-corrected chi connectivity index (χ1v) is 24.8. The Morgan fingerprint density at radius 1 is 0.644 bits per heavy atom. The van der Waals surface area contributed by atoms with E-state index in [0.29, 0.717) is 56.0 Å². The van der Waals surface area contributed by atoms with E-state index in [9.17, 15) is 0 Å². The third kappa shape index (κ3) is 8.95. The van der Waals surface area contributed by atoms with Crippen LogP contribution in [0.2, 0.25) is 0 Å². The molecule has 1 radical (unpaired) electrons. The van der Waals surface area contributed by atoms with Crippen molar-refractivity contribution in [3.8, 4) is 39.5 Å². The van der Waals surface area contributed by atoms with E-state index < -0.39 is 6.85 Å². The number of aryl methyl sites for hydroxylation is 1. The maximum atomic E-state index is 8.68. The van der Waals surface area contributed by atoms with Crippen LogP contribution in [0.15, 0.2) is 155 Å². The van der Waals surface area contributed by atoms with E-state index in [4.69, 9.17) is 27.9 Å². The SMILES string of the molecule is CC(C)(C)c1ccnc(-c2[c-]cccc2)c1.[2H]C([2H])([2H])c1c[c-]c(-c2nc3ccc4ccccc4c3n2-c2c(C(C)C)cc(-c3ccccc3)cc2C(C)C)c2oc3nc4c(ccc5oc(C(C)(C)C)nc54)cc3c12.[Ir]. The molecule has 0 fully saturated rings. The number of nitrogens with zero attached hydrogens (tertiary/aromatic N) is 5. The molecule has 367 valence electrons. The minimum Gasteiger partial charge on any atom is -0.486 e. The Morgan fingerprint density at radius 3 is 2.07 bits per heavy atom. The molecule has 5 aromatic heterocycles. The van der Waals surface area contributed by atoms with Crippen LogP contribution in [0.5, 0.6) is 0 Å². The minimum atomic E-state index is -2.46. The quantitative estimate of drug-likeness (QED) is 0.154. The van der Waals surface area contributed by atoms with Gasteiger partial charge < -0.3 is 18.4 Å². The largest absolute Gasteiger partial charge is 0.486 e. The van der Waals surface area contributed by atoms with E-state index in [0.717, 1.165) is 55.3 Å². The fraction of sp³-hybridized carbons (Fsp3) is 0.231. The predicted molar refractivity (Wildman–Crippen MR) is 297 cm³/mol. The summed E-state index contributed by atoms with van der Waals surface area (Å²) in [4.78, 5) is 19.7. The van der Waals surface area contributed by atoms with Gasteiger partial charge in [-0.3, -0.25) is 4.98 Å². The van der Waals surface area contributed by atoms with Crippen molar-refractivity contribution in [1.82, 2.24) is 24.5 Å². The van der Waals surface area contributed by atoms with Gasteiger partial charge in [-0.1, -0.05) is 154 Å². The standard InChI is InChI=1S/C50H43N4O2.C15H16N.Ir/c1-27(2)36-25-33(30-14-10-9-11-15-30)26-37(28(3)4)44(36)54-45-34-17-13-12-16-31(34)19-22-39(45)51-47(54)35-21-18-29(5)41-38-24-32-20-23-40-43(53-49(55-40)50(6,7)8)42(32)52-48(38)56-46(35)41;1-15(2,3)13-9-10-16-14(11-13)12-7-5-4-6-8-12;/h9-20,22-28H,1-8H3;4-7,9-11H,1-3H3;/q2*-1;/i5D3;;. The maximum Gasteiger partial charge on any atom is 0.216 e. The van der Waals surface area contributed by atoms with Gasteiger partial charge in [0.25, 0.3) is 0 Å². The molecule has 0 unspecified atom stereocenters. The molecule has 0 amide bonds. The molecule has 73 heavy (non-hydrogen) atoms. The number of rotatable bonds is 6. The number of imidazole rings is 1. The van der Waals surface area contributed by atoms with Crippen LogP contribution in [0.1, 0.15) is 113 Å². The minimum absolute atomic E-state index is 0. The fourth-order valence-corrected chi connectivity index (χ4v) is 9.78. The molecular weight excluding hydrogens is 1070 g/mol. The molecule has 0 N–H and O–H groups in total. The summed E-state index contributed by atoms with van der Waals surface area (Å²) in [6.07, 6.45) is 1.87. The van der Waals surface area contributed by atoms with Gasteiger partial charge in [-0.05, 0) is 98.6 Å². The number of aromatic nitrogens is 5. The van der Waals surface area contributed by atoms with Crippen LogP contribution in [0, 0.1) is 19.0 Å². The molecule has 7 aromatic carbocycles. The van der Waals surface area contributed by atoms with Crippen molar-refractivity contribution >= 4 is 65.9 Å².